The third-order valence-electron chi connectivity index (χ3n) is 7.02. The second-order valence-electron chi connectivity index (χ2n) is 10.2. The molecule has 0 heterocycles. The van der Waals surface area contributed by atoms with E-state index >= 15 is 0 Å². The number of hydrogen-bond acceptors (Lipinski definition) is 10. The van der Waals surface area contributed by atoms with E-state index in [9.17, 15) is 9.59 Å². The van der Waals surface area contributed by atoms with E-state index in [1.807, 2.05) is 72.8 Å². The van der Waals surface area contributed by atoms with Gasteiger partial charge in [0.2, 0.25) is 0 Å². The highest BCUT2D eigenvalue weighted by molar-refractivity contribution is 5.81. The maximum Gasteiger partial charge on any atom is 0.330 e. The Morgan fingerprint density at radius 1 is 0.574 bits per heavy atom. The van der Waals surface area contributed by atoms with Crippen LogP contribution in [-0.2, 0) is 19.1 Å². The van der Waals surface area contributed by atoms with Crippen LogP contribution in [0.5, 0.6) is 0 Å². The van der Waals surface area contributed by atoms with Gasteiger partial charge in [-0.3, -0.25) is 0 Å². The molecule has 0 aromatic heterocycles. The molecule has 0 saturated heterocycles. The molecule has 0 bridgehead atoms. The van der Waals surface area contributed by atoms with Gasteiger partial charge in [-0.15, -0.1) is 0 Å². The Kier molecular flexibility index (Phi) is 17.0. The first-order chi connectivity index (χ1) is 22.9. The Balaban J connectivity index is 1.94. The molecule has 0 fully saturated rings. The normalized spacial score (nSPS) is 9.62. The van der Waals surface area contributed by atoms with Gasteiger partial charge in [-0.2, -0.15) is 21.0 Å². The number of anilines is 2. The molecule has 0 aliphatic carbocycles. The molecule has 0 atom stereocenters. The molecule has 240 valence electrons. The maximum atomic E-state index is 11.5. The van der Waals surface area contributed by atoms with Crippen LogP contribution < -0.4 is 9.80 Å². The first-order valence-electron chi connectivity index (χ1n) is 15.2. The molecule has 2 aromatic carbocycles. The lowest BCUT2D eigenvalue weighted by Gasteiger charge is -2.25. The smallest absolute Gasteiger partial charge is 0.330 e. The summed E-state index contributed by atoms with van der Waals surface area (Å²) >= 11 is 0. The van der Waals surface area contributed by atoms with Gasteiger partial charge in [0.15, 0.2) is 0 Å². The zero-order valence-corrected chi connectivity index (χ0v) is 26.4. The number of esters is 2. The van der Waals surface area contributed by atoms with Crippen LogP contribution >= 0.6 is 0 Å². The van der Waals surface area contributed by atoms with Crippen LogP contribution in [0.15, 0.2) is 85.0 Å². The number of nitriles is 4. The van der Waals surface area contributed by atoms with E-state index in [0.29, 0.717) is 13.1 Å². The predicted octanol–water partition coefficient (Wildman–Crippen LogP) is 6.27. The Hall–Kier alpha value is -6.10. The lowest BCUT2D eigenvalue weighted by Crippen LogP contribution is -2.29. The van der Waals surface area contributed by atoms with Gasteiger partial charge in [0.05, 0.1) is 13.1 Å². The monoisotopic (exact) mass is 630 g/mol. The second kappa shape index (κ2) is 21.6. The minimum absolute atomic E-state index is 0.0302. The van der Waals surface area contributed by atoms with Gasteiger partial charge in [-0.1, -0.05) is 56.7 Å². The van der Waals surface area contributed by atoms with E-state index in [1.54, 1.807) is 0 Å². The quantitative estimate of drug-likeness (QED) is 0.0707. The number of carbonyl (C=O) groups is 2. The zero-order chi connectivity index (χ0) is 34.3. The van der Waals surface area contributed by atoms with Gasteiger partial charge >= 0.3 is 11.9 Å². The topological polar surface area (TPSA) is 154 Å². The Morgan fingerprint density at radius 2 is 0.915 bits per heavy atom. The Labute approximate surface area is 276 Å². The van der Waals surface area contributed by atoms with Crippen LogP contribution in [0, 0.1) is 45.3 Å². The Morgan fingerprint density at radius 3 is 1.23 bits per heavy atom. The summed E-state index contributed by atoms with van der Waals surface area (Å²) in [5.74, 6) is -0.947. The first-order valence-corrected chi connectivity index (χ1v) is 15.2. The average Bonchev–Trinajstić information content (AvgIpc) is 3.11. The fraction of sp³-hybridized carbons (Fsp3) is 0.297. The summed E-state index contributed by atoms with van der Waals surface area (Å²) in [6.07, 6.45) is 10.2. The highest BCUT2D eigenvalue weighted by Crippen LogP contribution is 2.20. The van der Waals surface area contributed by atoms with Crippen molar-refractivity contribution >= 4 is 35.5 Å². The molecule has 0 radical (unpaired) electrons. The number of unbranched alkanes of at least 4 members (excludes halogenated alkanes) is 4. The maximum absolute atomic E-state index is 11.5. The highest BCUT2D eigenvalue weighted by Gasteiger charge is 2.10. The molecule has 10 nitrogen and oxygen atoms in total. The molecule has 0 unspecified atom stereocenters. The van der Waals surface area contributed by atoms with Crippen molar-refractivity contribution in [2.75, 3.05) is 49.2 Å². The fourth-order valence-electron chi connectivity index (χ4n) is 4.58. The van der Waals surface area contributed by atoms with Gasteiger partial charge in [0.1, 0.15) is 48.6 Å². The van der Waals surface area contributed by atoms with Crippen LogP contribution in [0.4, 0.5) is 11.4 Å². The third kappa shape index (κ3) is 14.0. The number of hydrogen-bond donors (Lipinski definition) is 0. The van der Waals surface area contributed by atoms with Crippen LogP contribution in [0.2, 0.25) is 0 Å². The minimum Gasteiger partial charge on any atom is -0.461 e. The van der Waals surface area contributed by atoms with Gasteiger partial charge in [0.25, 0.3) is 0 Å². The lowest BCUT2D eigenvalue weighted by atomic mass is 10.1. The van der Waals surface area contributed by atoms with E-state index in [1.165, 1.54) is 12.2 Å². The summed E-state index contributed by atoms with van der Waals surface area (Å²) in [7, 11) is 0. The molecular formula is C37H38N6O4. The van der Waals surface area contributed by atoms with Crippen LogP contribution in [0.1, 0.15) is 43.2 Å². The molecule has 0 aliphatic rings. The Bertz CT molecular complexity index is 1430. The van der Waals surface area contributed by atoms with Crippen molar-refractivity contribution in [1.82, 2.24) is 0 Å². The minimum atomic E-state index is -0.473. The van der Waals surface area contributed by atoms with Crippen molar-refractivity contribution in [1.29, 1.82) is 21.0 Å². The van der Waals surface area contributed by atoms with Gasteiger partial charge in [-0.25, -0.2) is 9.59 Å². The number of ether oxygens (including phenoxy) is 2. The summed E-state index contributed by atoms with van der Waals surface area (Å²) in [6.45, 7) is 9.81. The summed E-state index contributed by atoms with van der Waals surface area (Å²) in [4.78, 5) is 27.4. The van der Waals surface area contributed by atoms with Crippen LogP contribution in [0.25, 0.3) is 12.2 Å². The number of benzene rings is 2. The molecule has 0 N–H and O–H groups in total. The fourth-order valence-corrected chi connectivity index (χ4v) is 4.58. The van der Waals surface area contributed by atoms with Gasteiger partial charge in [0, 0.05) is 36.6 Å². The third-order valence-corrected chi connectivity index (χ3v) is 7.02. The summed E-state index contributed by atoms with van der Waals surface area (Å²) in [6, 6.07) is 22.5. The van der Waals surface area contributed by atoms with E-state index in [4.69, 9.17) is 30.5 Å². The predicted molar refractivity (Wildman–Crippen MR) is 181 cm³/mol. The second-order valence-corrected chi connectivity index (χ2v) is 10.2. The van der Waals surface area contributed by atoms with E-state index in [0.717, 1.165) is 79.8 Å². The van der Waals surface area contributed by atoms with Crippen molar-refractivity contribution < 1.29 is 19.1 Å². The largest absolute Gasteiger partial charge is 0.461 e. The van der Waals surface area contributed by atoms with Crippen molar-refractivity contribution in [2.45, 2.75) is 32.1 Å². The zero-order valence-electron chi connectivity index (χ0n) is 26.4. The van der Waals surface area contributed by atoms with E-state index in [2.05, 4.69) is 23.0 Å². The molecule has 0 aliphatic heterocycles. The molecule has 0 amide bonds. The number of nitrogens with zero attached hydrogens (tertiary/aromatic N) is 6. The molecule has 2 rings (SSSR count). The molecule has 10 heteroatoms. The van der Waals surface area contributed by atoms with Gasteiger partial charge in [-0.05, 0) is 60.4 Å². The first kappa shape index (κ1) is 37.1. The van der Waals surface area contributed by atoms with Crippen LogP contribution in [0.3, 0.4) is 0 Å². The number of carbonyl (C=O) groups excluding carboxylic acids is 2. The summed E-state index contributed by atoms with van der Waals surface area (Å²) < 4.78 is 10.4. The molecule has 0 saturated carbocycles. The molecule has 2 aromatic rings. The molecule has 0 spiro atoms. The van der Waals surface area contributed by atoms with Crippen LogP contribution in [-0.4, -0.2) is 51.3 Å². The van der Waals surface area contributed by atoms with E-state index < -0.39 is 11.9 Å². The summed E-state index contributed by atoms with van der Waals surface area (Å²) in [5, 5.41) is 36.1. The molecular weight excluding hydrogens is 592 g/mol. The van der Waals surface area contributed by atoms with E-state index in [-0.39, 0.29) is 24.4 Å². The van der Waals surface area contributed by atoms with Crippen molar-refractivity contribution in [3.63, 3.8) is 0 Å². The lowest BCUT2D eigenvalue weighted by molar-refractivity contribution is -0.138. The van der Waals surface area contributed by atoms with Crippen molar-refractivity contribution in [3.05, 3.63) is 96.1 Å². The summed E-state index contributed by atoms with van der Waals surface area (Å²) in [5.41, 5.74) is 3.44. The van der Waals surface area contributed by atoms with Crippen molar-refractivity contribution in [2.24, 2.45) is 0 Å². The molecule has 47 heavy (non-hydrogen) atoms. The standard InChI is InChI=1S/C37H38N6O4/c1-3-36(44)46-22-20-42(34-14-10-30(11-15-34)24-32(26-38)27-39)18-8-6-5-7-9-19-43(21-23-47-37(45)4-2)35-16-12-31(13-17-35)25-33(28-40)29-41/h3-4,10-17,24-25H,1-2,5-9,18-23H2. The number of rotatable bonds is 20. The highest BCUT2D eigenvalue weighted by atomic mass is 16.5. The SMILES string of the molecule is C=CC(=O)OCCN(CCCCCCCN(CCOC(=O)C=C)c1ccc(C=C(C#N)C#N)cc1)c1ccc(C=C(C#N)C#N)cc1. The van der Waals surface area contributed by atoms with Gasteiger partial charge < -0.3 is 19.3 Å². The number of allylic oxidation sites excluding steroid dienone is 2. The average molecular weight is 631 g/mol. The van der Waals surface area contributed by atoms with Crippen molar-refractivity contribution in [3.8, 4) is 24.3 Å².